The molecule has 58 valence electrons. The number of hydrogen-bond donors (Lipinski definition) is 1. The Morgan fingerprint density at radius 1 is 1.64 bits per heavy atom. The number of allylic oxidation sites excluding steroid dienone is 1. The van der Waals surface area contributed by atoms with Crippen LogP contribution < -0.4 is 5.73 Å². The predicted molar refractivity (Wildman–Crippen MR) is 48.4 cm³/mol. The Hall–Kier alpha value is -1.02. The Morgan fingerprint density at radius 2 is 2.45 bits per heavy atom. The minimum Gasteiger partial charge on any atom is -0.397 e. The van der Waals surface area contributed by atoms with Crippen molar-refractivity contribution >= 4 is 23.4 Å². The van der Waals surface area contributed by atoms with Gasteiger partial charge in [-0.05, 0) is 18.2 Å². The van der Waals surface area contributed by atoms with Crippen LogP contribution in [0.4, 0.5) is 5.69 Å². The molecule has 1 aromatic heterocycles. The highest BCUT2D eigenvalue weighted by atomic mass is 35.5. The van der Waals surface area contributed by atoms with Gasteiger partial charge in [0.15, 0.2) is 0 Å². The van der Waals surface area contributed by atoms with Gasteiger partial charge < -0.3 is 5.73 Å². The molecule has 0 spiro atoms. The second-order valence-corrected chi connectivity index (χ2v) is 2.34. The summed E-state index contributed by atoms with van der Waals surface area (Å²) in [6.45, 7) is 0. The fraction of sp³-hybridized carbons (Fsp3) is 0.125. The largest absolute Gasteiger partial charge is 0.397 e. The molecule has 0 aliphatic carbocycles. The molecule has 0 aliphatic rings. The average Bonchev–Trinajstić information content (AvgIpc) is 2.03. The molecule has 2 N–H and O–H groups in total. The van der Waals surface area contributed by atoms with Gasteiger partial charge in [0.2, 0.25) is 0 Å². The van der Waals surface area contributed by atoms with Crippen molar-refractivity contribution in [3.63, 3.8) is 0 Å². The van der Waals surface area contributed by atoms with Gasteiger partial charge >= 0.3 is 0 Å². The second kappa shape index (κ2) is 3.98. The van der Waals surface area contributed by atoms with E-state index in [1.54, 1.807) is 24.4 Å². The lowest BCUT2D eigenvalue weighted by atomic mass is 10.3. The minimum absolute atomic E-state index is 0.482. The normalized spacial score (nSPS) is 10.6. The summed E-state index contributed by atoms with van der Waals surface area (Å²) in [4.78, 5) is 4.05. The van der Waals surface area contributed by atoms with Gasteiger partial charge in [-0.1, -0.05) is 6.08 Å². The molecule has 0 fully saturated rings. The van der Waals surface area contributed by atoms with Crippen LogP contribution in [0.25, 0.3) is 6.08 Å². The number of nitrogens with two attached hydrogens (primary N) is 1. The van der Waals surface area contributed by atoms with Crippen LogP contribution >= 0.6 is 11.6 Å². The predicted octanol–water partition coefficient (Wildman–Crippen LogP) is 1.92. The van der Waals surface area contributed by atoms with E-state index in [1.165, 1.54) is 0 Å². The lowest BCUT2D eigenvalue weighted by molar-refractivity contribution is 1.30. The van der Waals surface area contributed by atoms with E-state index in [1.807, 2.05) is 6.08 Å². The Labute approximate surface area is 70.7 Å². The first-order valence-electron chi connectivity index (χ1n) is 3.27. The molecule has 0 bridgehead atoms. The molecule has 3 heteroatoms. The van der Waals surface area contributed by atoms with E-state index in [4.69, 9.17) is 17.3 Å². The molecule has 0 saturated carbocycles. The van der Waals surface area contributed by atoms with Crippen LogP contribution in [-0.4, -0.2) is 10.9 Å². The van der Waals surface area contributed by atoms with Gasteiger partial charge in [-0.3, -0.25) is 4.98 Å². The molecular weight excluding hydrogens is 160 g/mol. The molecule has 1 aromatic rings. The van der Waals surface area contributed by atoms with Crippen molar-refractivity contribution in [1.29, 1.82) is 0 Å². The van der Waals surface area contributed by atoms with Crippen LogP contribution in [0.1, 0.15) is 5.69 Å². The van der Waals surface area contributed by atoms with E-state index in [9.17, 15) is 0 Å². The van der Waals surface area contributed by atoms with Gasteiger partial charge in [-0.25, -0.2) is 0 Å². The third-order valence-electron chi connectivity index (χ3n) is 1.24. The van der Waals surface area contributed by atoms with Crippen LogP contribution in [0.5, 0.6) is 0 Å². The zero-order valence-electron chi connectivity index (χ0n) is 6.00. The number of alkyl halides is 1. The molecule has 0 aliphatic heterocycles. The van der Waals surface area contributed by atoms with Gasteiger partial charge in [0.1, 0.15) is 0 Å². The summed E-state index contributed by atoms with van der Waals surface area (Å²) in [6.07, 6.45) is 5.31. The summed E-state index contributed by atoms with van der Waals surface area (Å²) in [6, 6.07) is 3.61. The Morgan fingerprint density at radius 3 is 3.09 bits per heavy atom. The number of anilines is 1. The van der Waals surface area contributed by atoms with Crippen LogP contribution in [0.2, 0.25) is 0 Å². The number of pyridine rings is 1. The average molecular weight is 169 g/mol. The maximum atomic E-state index is 5.60. The molecule has 0 aromatic carbocycles. The number of nitrogen functional groups attached to an aromatic ring is 1. The number of aromatic nitrogens is 1. The van der Waals surface area contributed by atoms with Gasteiger partial charge in [0, 0.05) is 12.1 Å². The fourth-order valence-corrected chi connectivity index (χ4v) is 0.814. The molecule has 0 saturated heterocycles. The first-order valence-corrected chi connectivity index (χ1v) is 3.81. The quantitative estimate of drug-likeness (QED) is 0.686. The highest BCUT2D eigenvalue weighted by molar-refractivity contribution is 6.19. The van der Waals surface area contributed by atoms with Crippen molar-refractivity contribution in [2.75, 3.05) is 11.6 Å². The third-order valence-corrected chi connectivity index (χ3v) is 1.41. The summed E-state index contributed by atoms with van der Waals surface area (Å²) in [7, 11) is 0. The maximum absolute atomic E-state index is 5.60. The molecule has 11 heavy (non-hydrogen) atoms. The number of halogens is 1. The summed E-state index contributed by atoms with van der Waals surface area (Å²) >= 11 is 5.45. The Bertz CT molecular complexity index is 258. The van der Waals surface area contributed by atoms with Gasteiger partial charge in [-0.15, -0.1) is 11.6 Å². The molecular formula is C8H9ClN2. The topological polar surface area (TPSA) is 38.9 Å². The molecule has 0 amide bonds. The van der Waals surface area contributed by atoms with Gasteiger partial charge in [0.05, 0.1) is 11.4 Å². The van der Waals surface area contributed by atoms with Crippen molar-refractivity contribution in [2.45, 2.75) is 0 Å². The van der Waals surface area contributed by atoms with E-state index in [-0.39, 0.29) is 0 Å². The smallest absolute Gasteiger partial charge is 0.0856 e. The number of nitrogens with zero attached hydrogens (tertiary/aromatic N) is 1. The SMILES string of the molecule is Nc1cccnc1C=CCCl. The highest BCUT2D eigenvalue weighted by Gasteiger charge is 1.91. The maximum Gasteiger partial charge on any atom is 0.0856 e. The zero-order chi connectivity index (χ0) is 8.10. The standard InChI is InChI=1S/C8H9ClN2/c9-5-1-4-8-7(10)3-2-6-11-8/h1-4,6H,5,10H2. The molecule has 0 radical (unpaired) electrons. The zero-order valence-corrected chi connectivity index (χ0v) is 6.75. The van der Waals surface area contributed by atoms with Crippen molar-refractivity contribution in [3.05, 3.63) is 30.1 Å². The summed E-state index contributed by atoms with van der Waals surface area (Å²) in [5, 5.41) is 0. The first-order chi connectivity index (χ1) is 5.34. The second-order valence-electron chi connectivity index (χ2n) is 2.03. The molecule has 1 heterocycles. The first kappa shape index (κ1) is 8.08. The fourth-order valence-electron chi connectivity index (χ4n) is 0.725. The van der Waals surface area contributed by atoms with E-state index in [0.717, 1.165) is 5.69 Å². The lowest BCUT2D eigenvalue weighted by Gasteiger charge is -1.95. The van der Waals surface area contributed by atoms with E-state index >= 15 is 0 Å². The molecule has 0 unspecified atom stereocenters. The van der Waals surface area contributed by atoms with E-state index in [0.29, 0.717) is 11.6 Å². The van der Waals surface area contributed by atoms with Crippen LogP contribution in [0.15, 0.2) is 24.4 Å². The monoisotopic (exact) mass is 168 g/mol. The Kier molecular flexibility index (Phi) is 2.93. The van der Waals surface area contributed by atoms with Crippen molar-refractivity contribution in [2.24, 2.45) is 0 Å². The van der Waals surface area contributed by atoms with Crippen LogP contribution in [0.3, 0.4) is 0 Å². The highest BCUT2D eigenvalue weighted by Crippen LogP contribution is 2.08. The summed E-state index contributed by atoms with van der Waals surface area (Å²) in [5.41, 5.74) is 7.05. The lowest BCUT2D eigenvalue weighted by Crippen LogP contribution is -1.90. The minimum atomic E-state index is 0.482. The van der Waals surface area contributed by atoms with Crippen molar-refractivity contribution in [1.82, 2.24) is 4.98 Å². The summed E-state index contributed by atoms with van der Waals surface area (Å²) < 4.78 is 0. The molecule has 1 rings (SSSR count). The third kappa shape index (κ3) is 2.24. The van der Waals surface area contributed by atoms with Gasteiger partial charge in [0.25, 0.3) is 0 Å². The van der Waals surface area contributed by atoms with E-state index < -0.39 is 0 Å². The number of rotatable bonds is 2. The van der Waals surface area contributed by atoms with Crippen molar-refractivity contribution in [3.8, 4) is 0 Å². The number of hydrogen-bond acceptors (Lipinski definition) is 2. The van der Waals surface area contributed by atoms with Gasteiger partial charge in [-0.2, -0.15) is 0 Å². The van der Waals surface area contributed by atoms with Crippen LogP contribution in [0, 0.1) is 0 Å². The van der Waals surface area contributed by atoms with Crippen molar-refractivity contribution < 1.29 is 0 Å². The summed E-state index contributed by atoms with van der Waals surface area (Å²) in [5.74, 6) is 0.482. The molecule has 0 atom stereocenters. The Balaban J connectivity index is 2.86. The van der Waals surface area contributed by atoms with Crippen LogP contribution in [-0.2, 0) is 0 Å². The molecule has 2 nitrogen and oxygen atoms in total. The van der Waals surface area contributed by atoms with E-state index in [2.05, 4.69) is 4.98 Å².